The van der Waals surface area contributed by atoms with Crippen LogP contribution >= 0.6 is 0 Å². The fraction of sp³-hybridized carbons (Fsp3) is 0.357. The van der Waals surface area contributed by atoms with Gasteiger partial charge in [0, 0.05) is 18.7 Å². The van der Waals surface area contributed by atoms with Gasteiger partial charge >= 0.3 is 5.97 Å². The molecule has 3 amide bonds. The Labute approximate surface area is 202 Å². The van der Waals surface area contributed by atoms with Crippen LogP contribution in [0.1, 0.15) is 12.8 Å². The summed E-state index contributed by atoms with van der Waals surface area (Å²) in [6.07, 6.45) is 5.54. The lowest BCUT2D eigenvalue weighted by atomic mass is 9.63. The molecule has 2 heterocycles. The predicted octanol–water partition coefficient (Wildman–Crippen LogP) is 3.20. The Hall–Kier alpha value is -3.74. The molecule has 4 fully saturated rings. The number of allylic oxidation sites excluding steroid dienone is 2. The van der Waals surface area contributed by atoms with Crippen molar-refractivity contribution in [3.05, 3.63) is 66.7 Å². The van der Waals surface area contributed by atoms with Crippen LogP contribution in [0.5, 0.6) is 5.75 Å². The molecular formula is C28H24N2O5. The quantitative estimate of drug-likeness (QED) is 0.298. The number of hydrogen-bond donors (Lipinski definition) is 0. The van der Waals surface area contributed by atoms with Crippen molar-refractivity contribution < 1.29 is 23.9 Å². The summed E-state index contributed by atoms with van der Waals surface area (Å²) in [7, 11) is 0. The first kappa shape index (κ1) is 20.6. The topological polar surface area (TPSA) is 84.0 Å². The summed E-state index contributed by atoms with van der Waals surface area (Å²) in [5.41, 5.74) is 1.27. The van der Waals surface area contributed by atoms with Crippen LogP contribution in [-0.2, 0) is 19.2 Å². The highest BCUT2D eigenvalue weighted by atomic mass is 16.5. The smallest absolute Gasteiger partial charge is 0.316 e. The van der Waals surface area contributed by atoms with E-state index < -0.39 is 11.9 Å². The molecule has 2 aromatic carbocycles. The van der Waals surface area contributed by atoms with Crippen molar-refractivity contribution in [2.75, 3.05) is 16.3 Å². The SMILES string of the molecule is O=C(Oc1ccc(N2C(=O)[C@@H]3[C@H]4C=C[C@@H]([C@@H]5C[C@H]45)[C@H]3C2=O)cc1)[C@H]1CC(=O)N(c2ccccc2)C1. The van der Waals surface area contributed by atoms with Gasteiger partial charge in [-0.1, -0.05) is 30.4 Å². The third kappa shape index (κ3) is 3.03. The molecule has 0 aromatic heterocycles. The van der Waals surface area contributed by atoms with E-state index in [1.165, 1.54) is 4.90 Å². The first-order valence-corrected chi connectivity index (χ1v) is 12.2. The molecule has 35 heavy (non-hydrogen) atoms. The summed E-state index contributed by atoms with van der Waals surface area (Å²) in [5.74, 6) is -0.0341. The molecule has 2 aromatic rings. The van der Waals surface area contributed by atoms with E-state index in [1.54, 1.807) is 29.2 Å². The third-order valence-electron chi connectivity index (χ3n) is 8.50. The summed E-state index contributed by atoms with van der Waals surface area (Å²) in [5, 5.41) is 0. The summed E-state index contributed by atoms with van der Waals surface area (Å²) in [6, 6.07) is 15.8. The van der Waals surface area contributed by atoms with Gasteiger partial charge in [-0.05, 0) is 66.5 Å². The lowest BCUT2D eigenvalue weighted by molar-refractivity contribution is -0.139. The maximum absolute atomic E-state index is 13.3. The van der Waals surface area contributed by atoms with Crippen LogP contribution in [0.15, 0.2) is 66.7 Å². The zero-order chi connectivity index (χ0) is 23.8. The van der Waals surface area contributed by atoms with Crippen LogP contribution < -0.4 is 14.5 Å². The van der Waals surface area contributed by atoms with Crippen LogP contribution in [0.4, 0.5) is 11.4 Å². The van der Waals surface area contributed by atoms with Crippen molar-refractivity contribution in [1.82, 2.24) is 0 Å². The minimum Gasteiger partial charge on any atom is -0.426 e. The zero-order valence-electron chi connectivity index (χ0n) is 18.9. The number of carbonyl (C=O) groups excluding carboxylic acids is 4. The van der Waals surface area contributed by atoms with Gasteiger partial charge in [-0.25, -0.2) is 0 Å². The molecule has 176 valence electrons. The average Bonchev–Trinajstić information content (AvgIpc) is 3.55. The molecule has 7 atom stereocenters. The first-order chi connectivity index (χ1) is 17.0. The number of benzene rings is 2. The average molecular weight is 469 g/mol. The lowest BCUT2D eigenvalue weighted by Gasteiger charge is -2.37. The highest BCUT2D eigenvalue weighted by Crippen LogP contribution is 2.65. The Balaban J connectivity index is 1.04. The van der Waals surface area contributed by atoms with E-state index in [9.17, 15) is 19.2 Å². The maximum atomic E-state index is 13.3. The van der Waals surface area contributed by atoms with Crippen LogP contribution in [0, 0.1) is 41.4 Å². The molecule has 4 aliphatic carbocycles. The standard InChI is InChI=1S/C28H24N2O5/c31-23-12-15(14-29(23)16-4-2-1-3-5-16)28(34)35-18-8-6-17(7-9-18)30-26(32)24-19-10-11-20(22-13-21(19)22)25(24)27(30)33/h1-11,15,19-22,24-25H,12-14H2/t15-,19-,20-,21-,22+,24+,25+/m0/s1. The Morgan fingerprint density at radius 1 is 0.800 bits per heavy atom. The highest BCUT2D eigenvalue weighted by molar-refractivity contribution is 6.22. The molecule has 2 bridgehead atoms. The van der Waals surface area contributed by atoms with Crippen molar-refractivity contribution in [3.8, 4) is 5.75 Å². The summed E-state index contributed by atoms with van der Waals surface area (Å²) in [4.78, 5) is 54.6. The largest absolute Gasteiger partial charge is 0.426 e. The van der Waals surface area contributed by atoms with E-state index in [1.807, 2.05) is 30.3 Å². The van der Waals surface area contributed by atoms with Crippen molar-refractivity contribution in [3.63, 3.8) is 0 Å². The van der Waals surface area contributed by atoms with Gasteiger partial charge in [-0.15, -0.1) is 0 Å². The second-order valence-electron chi connectivity index (χ2n) is 10.3. The molecule has 2 saturated heterocycles. The van der Waals surface area contributed by atoms with Crippen LogP contribution in [-0.4, -0.2) is 30.2 Å². The normalized spacial score (nSPS) is 34.3. The molecule has 0 unspecified atom stereocenters. The van der Waals surface area contributed by atoms with E-state index in [0.29, 0.717) is 23.3 Å². The second-order valence-corrected chi connectivity index (χ2v) is 10.3. The summed E-state index contributed by atoms with van der Waals surface area (Å²) >= 11 is 0. The fourth-order valence-electron chi connectivity index (χ4n) is 6.80. The molecule has 6 aliphatic rings. The minimum atomic E-state index is -0.554. The van der Waals surface area contributed by atoms with Gasteiger partial charge in [0.15, 0.2) is 0 Å². The summed E-state index contributed by atoms with van der Waals surface area (Å²) < 4.78 is 5.54. The van der Waals surface area contributed by atoms with Crippen molar-refractivity contribution in [1.29, 1.82) is 0 Å². The van der Waals surface area contributed by atoms with Crippen molar-refractivity contribution in [2.24, 2.45) is 41.4 Å². The van der Waals surface area contributed by atoms with Crippen LogP contribution in [0.2, 0.25) is 0 Å². The number of carbonyl (C=O) groups is 4. The number of imide groups is 1. The van der Waals surface area contributed by atoms with Gasteiger partial charge < -0.3 is 9.64 Å². The number of amides is 3. The number of hydrogen-bond acceptors (Lipinski definition) is 5. The molecule has 2 saturated carbocycles. The van der Waals surface area contributed by atoms with Crippen molar-refractivity contribution in [2.45, 2.75) is 12.8 Å². The van der Waals surface area contributed by atoms with E-state index in [-0.39, 0.29) is 54.4 Å². The number of anilines is 2. The fourth-order valence-corrected chi connectivity index (χ4v) is 6.80. The number of esters is 1. The van der Waals surface area contributed by atoms with Crippen LogP contribution in [0.3, 0.4) is 0 Å². The van der Waals surface area contributed by atoms with E-state index in [4.69, 9.17) is 4.74 Å². The summed E-state index contributed by atoms with van der Waals surface area (Å²) in [6.45, 7) is 0.275. The van der Waals surface area contributed by atoms with Gasteiger partial charge in [-0.2, -0.15) is 0 Å². The monoisotopic (exact) mass is 468 g/mol. The van der Waals surface area contributed by atoms with E-state index in [2.05, 4.69) is 12.2 Å². The van der Waals surface area contributed by atoms with Gasteiger partial charge in [0.25, 0.3) is 0 Å². The van der Waals surface area contributed by atoms with E-state index >= 15 is 0 Å². The second kappa shape index (κ2) is 7.38. The molecule has 0 radical (unpaired) electrons. The Morgan fingerprint density at radius 3 is 2.06 bits per heavy atom. The Morgan fingerprint density at radius 2 is 1.43 bits per heavy atom. The number of nitrogens with zero attached hydrogens (tertiary/aromatic N) is 2. The molecule has 8 rings (SSSR count). The number of rotatable bonds is 4. The Bertz CT molecular complexity index is 1250. The van der Waals surface area contributed by atoms with Gasteiger partial charge in [-0.3, -0.25) is 24.1 Å². The molecule has 2 aliphatic heterocycles. The maximum Gasteiger partial charge on any atom is 0.316 e. The number of ether oxygens (including phenoxy) is 1. The molecule has 7 nitrogen and oxygen atoms in total. The van der Waals surface area contributed by atoms with Gasteiger partial charge in [0.1, 0.15) is 5.75 Å². The van der Waals surface area contributed by atoms with Crippen molar-refractivity contribution >= 4 is 35.1 Å². The molecule has 0 N–H and O–H groups in total. The zero-order valence-corrected chi connectivity index (χ0v) is 18.9. The lowest BCUT2D eigenvalue weighted by Crippen LogP contribution is -2.40. The number of para-hydroxylation sites is 1. The Kier molecular flexibility index (Phi) is 4.35. The predicted molar refractivity (Wildman–Crippen MR) is 126 cm³/mol. The molecular weight excluding hydrogens is 444 g/mol. The van der Waals surface area contributed by atoms with Gasteiger partial charge in [0.2, 0.25) is 17.7 Å². The third-order valence-corrected chi connectivity index (χ3v) is 8.50. The molecule has 0 spiro atoms. The van der Waals surface area contributed by atoms with Crippen LogP contribution in [0.25, 0.3) is 0 Å². The highest BCUT2D eigenvalue weighted by Gasteiger charge is 2.67. The van der Waals surface area contributed by atoms with Gasteiger partial charge in [0.05, 0.1) is 23.4 Å². The van der Waals surface area contributed by atoms with E-state index in [0.717, 1.165) is 12.1 Å². The molecule has 7 heteroatoms. The minimum absolute atomic E-state index is 0.101. The first-order valence-electron chi connectivity index (χ1n) is 12.2.